The number of imidazole rings is 1. The summed E-state index contributed by atoms with van der Waals surface area (Å²) in [7, 11) is 0. The molecule has 4 rings (SSSR count). The highest BCUT2D eigenvalue weighted by Crippen LogP contribution is 2.32. The third-order valence-electron chi connectivity index (χ3n) is 5.26. The second-order valence-electron chi connectivity index (χ2n) is 7.58. The van der Waals surface area contributed by atoms with Gasteiger partial charge < -0.3 is 25.6 Å². The van der Waals surface area contributed by atoms with E-state index in [4.69, 9.17) is 4.74 Å². The van der Waals surface area contributed by atoms with Crippen molar-refractivity contribution in [2.45, 2.75) is 38.4 Å². The summed E-state index contributed by atoms with van der Waals surface area (Å²) in [4.78, 5) is 48.4. The number of nitrogens with zero attached hydrogens (tertiary/aromatic N) is 4. The van der Waals surface area contributed by atoms with E-state index >= 15 is 0 Å². The lowest BCUT2D eigenvalue weighted by molar-refractivity contribution is -0.137. The van der Waals surface area contributed by atoms with Crippen LogP contribution in [0, 0.1) is 0 Å². The molecule has 5 N–H and O–H groups in total. The Morgan fingerprint density at radius 3 is 2.47 bits per heavy atom. The van der Waals surface area contributed by atoms with E-state index in [9.17, 15) is 24.6 Å². The van der Waals surface area contributed by atoms with Crippen molar-refractivity contribution in [1.29, 1.82) is 0 Å². The first-order valence-corrected chi connectivity index (χ1v) is 10.5. The summed E-state index contributed by atoms with van der Waals surface area (Å²) in [5, 5.41) is 28.5. The third kappa shape index (κ3) is 4.44. The Bertz CT molecular complexity index is 1230. The summed E-state index contributed by atoms with van der Waals surface area (Å²) in [6, 6.07) is 5.77. The maximum atomic E-state index is 12.5. The number of amides is 3. The van der Waals surface area contributed by atoms with Crippen LogP contribution < -0.4 is 16.0 Å². The number of benzene rings is 1. The zero-order valence-electron chi connectivity index (χ0n) is 18.3. The number of aliphatic hydroxyl groups is 2. The van der Waals surface area contributed by atoms with Crippen molar-refractivity contribution in [2.24, 2.45) is 0 Å². The Morgan fingerprint density at radius 1 is 1.06 bits per heavy atom. The molecule has 0 unspecified atom stereocenters. The van der Waals surface area contributed by atoms with E-state index in [-0.39, 0.29) is 22.8 Å². The van der Waals surface area contributed by atoms with Gasteiger partial charge in [0, 0.05) is 17.8 Å². The third-order valence-corrected chi connectivity index (χ3v) is 5.26. The summed E-state index contributed by atoms with van der Waals surface area (Å²) < 4.78 is 6.96. The van der Waals surface area contributed by atoms with Gasteiger partial charge in [-0.15, -0.1) is 0 Å². The number of ketones is 1. The maximum Gasteiger partial charge on any atom is 0.324 e. The summed E-state index contributed by atoms with van der Waals surface area (Å²) in [5.41, 5.74) is 1.40. The van der Waals surface area contributed by atoms with E-state index in [0.29, 0.717) is 17.8 Å². The number of Topliss-reactive ketones (excluding diaryl/α,β-unsaturated/α-hetero) is 1. The van der Waals surface area contributed by atoms with Crippen LogP contribution in [0.2, 0.25) is 0 Å². The molecule has 1 aliphatic rings. The van der Waals surface area contributed by atoms with Gasteiger partial charge >= 0.3 is 6.03 Å². The van der Waals surface area contributed by atoms with Crippen LogP contribution in [-0.4, -0.2) is 72.3 Å². The molecule has 2 aromatic heterocycles. The van der Waals surface area contributed by atoms with Crippen molar-refractivity contribution in [3.8, 4) is 0 Å². The number of hydrogen-bond donors (Lipinski definition) is 5. The van der Waals surface area contributed by atoms with Crippen LogP contribution in [-0.2, 0) is 9.53 Å². The Balaban J connectivity index is 1.52. The monoisotopic (exact) mass is 469 g/mol. The number of rotatable bonds is 6. The van der Waals surface area contributed by atoms with Crippen LogP contribution in [0.15, 0.2) is 36.9 Å². The molecular formula is C21H23N7O6. The molecule has 34 heavy (non-hydrogen) atoms. The molecule has 0 saturated carbocycles. The van der Waals surface area contributed by atoms with Gasteiger partial charge in [-0.05, 0) is 38.1 Å². The lowest BCUT2D eigenvalue weighted by Crippen LogP contribution is -2.42. The molecule has 3 amide bonds. The molecule has 0 aliphatic carbocycles. The van der Waals surface area contributed by atoms with Gasteiger partial charge in [0.2, 0.25) is 0 Å². The molecule has 4 atom stereocenters. The zero-order chi connectivity index (χ0) is 24.4. The number of aromatic nitrogens is 4. The van der Waals surface area contributed by atoms with Crippen LogP contribution >= 0.6 is 0 Å². The maximum absolute atomic E-state index is 12.5. The predicted octanol–water partition coefficient (Wildman–Crippen LogP) is 0.428. The highest BCUT2D eigenvalue weighted by Gasteiger charge is 2.47. The minimum absolute atomic E-state index is 0.0869. The van der Waals surface area contributed by atoms with Crippen molar-refractivity contribution in [1.82, 2.24) is 24.8 Å². The molecule has 3 heterocycles. The average molecular weight is 469 g/mol. The van der Waals surface area contributed by atoms with Crippen LogP contribution in [0.3, 0.4) is 0 Å². The van der Waals surface area contributed by atoms with Crippen molar-refractivity contribution < 1.29 is 29.3 Å². The van der Waals surface area contributed by atoms with Gasteiger partial charge in [-0.25, -0.2) is 19.7 Å². The van der Waals surface area contributed by atoms with E-state index in [0.717, 1.165) is 0 Å². The SMILES string of the molecule is CCNC(=O)[C@H]1O[C@@H](n2cnc3c(NC(=O)Nc4ccc(C(C)=O)cc4)ncnc32)[C@@H](O)[C@H]1O. The van der Waals surface area contributed by atoms with Crippen molar-refractivity contribution >= 4 is 40.4 Å². The van der Waals surface area contributed by atoms with Crippen LogP contribution in [0.4, 0.5) is 16.3 Å². The number of carbonyl (C=O) groups excluding carboxylic acids is 3. The number of carbonyl (C=O) groups is 3. The molecule has 0 radical (unpaired) electrons. The highest BCUT2D eigenvalue weighted by molar-refractivity contribution is 6.03. The zero-order valence-corrected chi connectivity index (χ0v) is 18.3. The Labute approximate surface area is 193 Å². The van der Waals surface area contributed by atoms with Crippen molar-refractivity contribution in [2.75, 3.05) is 17.2 Å². The van der Waals surface area contributed by atoms with Gasteiger partial charge in [0.15, 0.2) is 35.1 Å². The minimum atomic E-state index is -1.45. The van der Waals surface area contributed by atoms with Gasteiger partial charge in [0.05, 0.1) is 6.33 Å². The van der Waals surface area contributed by atoms with E-state index in [1.807, 2.05) is 0 Å². The van der Waals surface area contributed by atoms with E-state index < -0.39 is 36.5 Å². The number of fused-ring (bicyclic) bond motifs is 1. The number of hydrogen-bond acceptors (Lipinski definition) is 9. The molecule has 178 valence electrons. The summed E-state index contributed by atoms with van der Waals surface area (Å²) in [6.45, 7) is 3.51. The second kappa shape index (κ2) is 9.51. The molecule has 3 aromatic rings. The second-order valence-corrected chi connectivity index (χ2v) is 7.58. The smallest absolute Gasteiger partial charge is 0.324 e. The molecule has 1 fully saturated rings. The molecule has 13 nitrogen and oxygen atoms in total. The predicted molar refractivity (Wildman–Crippen MR) is 119 cm³/mol. The van der Waals surface area contributed by atoms with Gasteiger partial charge in [0.1, 0.15) is 18.5 Å². The van der Waals surface area contributed by atoms with Crippen molar-refractivity contribution in [3.05, 3.63) is 42.5 Å². The number of urea groups is 1. The normalized spacial score (nSPS) is 21.9. The van der Waals surface area contributed by atoms with Crippen LogP contribution in [0.1, 0.15) is 30.4 Å². The number of ether oxygens (including phenoxy) is 1. The Morgan fingerprint density at radius 2 is 1.79 bits per heavy atom. The number of aliphatic hydroxyl groups excluding tert-OH is 2. The van der Waals surface area contributed by atoms with Crippen molar-refractivity contribution in [3.63, 3.8) is 0 Å². The van der Waals surface area contributed by atoms with Gasteiger partial charge in [-0.3, -0.25) is 19.5 Å². The fraction of sp³-hybridized carbons (Fsp3) is 0.333. The van der Waals surface area contributed by atoms with Gasteiger partial charge in [0.25, 0.3) is 5.91 Å². The molecule has 0 spiro atoms. The molecule has 0 bridgehead atoms. The van der Waals surface area contributed by atoms with Gasteiger partial charge in [-0.1, -0.05) is 0 Å². The first-order valence-electron chi connectivity index (χ1n) is 10.5. The lowest BCUT2D eigenvalue weighted by atomic mass is 10.1. The number of nitrogens with one attached hydrogen (secondary N) is 3. The summed E-state index contributed by atoms with van der Waals surface area (Å²) >= 11 is 0. The van der Waals surface area contributed by atoms with Gasteiger partial charge in [-0.2, -0.15) is 0 Å². The minimum Gasteiger partial charge on any atom is -0.387 e. The van der Waals surface area contributed by atoms with E-state index in [2.05, 4.69) is 30.9 Å². The summed E-state index contributed by atoms with van der Waals surface area (Å²) in [6.07, 6.45) is -2.77. The van der Waals surface area contributed by atoms with E-state index in [1.54, 1.807) is 31.2 Å². The number of anilines is 2. The quantitative estimate of drug-likeness (QED) is 0.320. The fourth-order valence-electron chi connectivity index (χ4n) is 3.57. The fourth-order valence-corrected chi connectivity index (χ4v) is 3.57. The largest absolute Gasteiger partial charge is 0.387 e. The highest BCUT2D eigenvalue weighted by atomic mass is 16.6. The molecule has 1 saturated heterocycles. The number of likely N-dealkylation sites (N-methyl/N-ethyl adjacent to an activating group) is 1. The lowest BCUT2D eigenvalue weighted by Gasteiger charge is -2.16. The first kappa shape index (κ1) is 23.2. The van der Waals surface area contributed by atoms with E-state index in [1.165, 1.54) is 24.1 Å². The first-order chi connectivity index (χ1) is 16.3. The molecular weight excluding hydrogens is 446 g/mol. The standard InChI is InChI=1S/C21H23N7O6/c1-3-22-19(32)16-14(30)15(31)20(34-16)28-9-25-13-17(23-8-24-18(13)28)27-21(33)26-12-6-4-11(5-7-12)10(2)29/h4-9,14-16,20,30-31H,3H2,1-2H3,(H,22,32)(H2,23,24,26,27,33)/t14-,15+,16+,20-/m1/s1. The Kier molecular flexibility index (Phi) is 6.49. The Hall–Kier alpha value is -3.94. The molecule has 1 aliphatic heterocycles. The van der Waals surface area contributed by atoms with Crippen LogP contribution in [0.5, 0.6) is 0 Å². The molecule has 13 heteroatoms. The topological polar surface area (TPSA) is 181 Å². The van der Waals surface area contributed by atoms with Crippen LogP contribution in [0.25, 0.3) is 11.2 Å². The average Bonchev–Trinajstić information content (AvgIpc) is 3.36. The summed E-state index contributed by atoms with van der Waals surface area (Å²) in [5.74, 6) is -0.544. The molecule has 1 aromatic carbocycles.